The molecular formula is C27H25NO5S. The van der Waals surface area contributed by atoms with Crippen molar-refractivity contribution < 1.29 is 23.7 Å². The smallest absolute Gasteiger partial charge is 0.231 e. The highest BCUT2D eigenvalue weighted by Gasteiger charge is 2.40. The first-order valence-corrected chi connectivity index (χ1v) is 12.2. The lowest BCUT2D eigenvalue weighted by molar-refractivity contribution is -0.116. The van der Waals surface area contributed by atoms with Crippen LogP contribution in [-0.4, -0.2) is 26.8 Å². The molecule has 1 aromatic heterocycles. The summed E-state index contributed by atoms with van der Waals surface area (Å²) in [5.41, 5.74) is 6.16. The fourth-order valence-corrected chi connectivity index (χ4v) is 6.36. The molecule has 1 N–H and O–H groups in total. The Morgan fingerprint density at radius 1 is 1.00 bits per heavy atom. The van der Waals surface area contributed by atoms with Gasteiger partial charge in [0.15, 0.2) is 28.8 Å². The Bertz CT molecular complexity index is 1340. The lowest BCUT2D eigenvalue weighted by atomic mass is 9.73. The fraction of sp³-hybridized carbons (Fsp3) is 0.296. The maximum Gasteiger partial charge on any atom is 0.231 e. The largest absolute Gasteiger partial charge is 0.493 e. The van der Waals surface area contributed by atoms with Crippen molar-refractivity contribution in [3.8, 4) is 23.0 Å². The van der Waals surface area contributed by atoms with Gasteiger partial charge in [-0.25, -0.2) is 0 Å². The molecule has 0 saturated heterocycles. The molecule has 0 unspecified atom stereocenters. The summed E-state index contributed by atoms with van der Waals surface area (Å²) in [5, 5.41) is 5.69. The number of hydrogen-bond donors (Lipinski definition) is 1. The minimum absolute atomic E-state index is 0.0548. The summed E-state index contributed by atoms with van der Waals surface area (Å²) in [5.74, 6) is 2.94. The average Bonchev–Trinajstić information content (AvgIpc) is 3.48. The lowest BCUT2D eigenvalue weighted by Gasteiger charge is -2.36. The van der Waals surface area contributed by atoms with E-state index in [1.165, 1.54) is 10.4 Å². The van der Waals surface area contributed by atoms with Gasteiger partial charge in [-0.15, -0.1) is 11.3 Å². The number of allylic oxidation sites excluding steroid dienone is 2. The van der Waals surface area contributed by atoms with E-state index in [0.717, 1.165) is 46.0 Å². The van der Waals surface area contributed by atoms with E-state index in [2.05, 4.69) is 23.7 Å². The number of carbonyl (C=O) groups is 1. The third-order valence-corrected chi connectivity index (χ3v) is 8.06. The van der Waals surface area contributed by atoms with E-state index in [1.54, 1.807) is 25.6 Å². The molecule has 3 heterocycles. The van der Waals surface area contributed by atoms with Gasteiger partial charge in [0.1, 0.15) is 0 Å². The summed E-state index contributed by atoms with van der Waals surface area (Å²) in [6.45, 7) is 2.33. The number of methoxy groups -OCH3 is 2. The van der Waals surface area contributed by atoms with Crippen molar-refractivity contribution in [1.29, 1.82) is 0 Å². The summed E-state index contributed by atoms with van der Waals surface area (Å²) in [4.78, 5) is 14.9. The third kappa shape index (κ3) is 3.26. The van der Waals surface area contributed by atoms with Gasteiger partial charge in [-0.1, -0.05) is 6.07 Å². The number of aryl methyl sites for hydroxylation is 1. The van der Waals surface area contributed by atoms with Crippen molar-refractivity contribution in [3.05, 3.63) is 74.6 Å². The molecule has 3 aliphatic rings. The number of ether oxygens (including phenoxy) is 4. The summed E-state index contributed by atoms with van der Waals surface area (Å²) in [7, 11) is 3.26. The van der Waals surface area contributed by atoms with E-state index in [-0.39, 0.29) is 24.4 Å². The Hall–Kier alpha value is -3.45. The van der Waals surface area contributed by atoms with Crippen LogP contribution < -0.4 is 24.3 Å². The average molecular weight is 476 g/mol. The zero-order valence-corrected chi connectivity index (χ0v) is 20.1. The monoisotopic (exact) mass is 475 g/mol. The molecule has 7 heteroatoms. The van der Waals surface area contributed by atoms with E-state index in [9.17, 15) is 4.79 Å². The van der Waals surface area contributed by atoms with Crippen LogP contribution in [0.3, 0.4) is 0 Å². The molecule has 6 rings (SSSR count). The number of fused-ring (bicyclic) bond motifs is 2. The summed E-state index contributed by atoms with van der Waals surface area (Å²) >= 11 is 1.70. The van der Waals surface area contributed by atoms with Crippen LogP contribution in [0.4, 0.5) is 5.69 Å². The van der Waals surface area contributed by atoms with Crippen molar-refractivity contribution in [2.45, 2.75) is 31.6 Å². The van der Waals surface area contributed by atoms with E-state index in [0.29, 0.717) is 17.9 Å². The van der Waals surface area contributed by atoms with Crippen LogP contribution in [0.25, 0.3) is 0 Å². The molecule has 0 spiro atoms. The van der Waals surface area contributed by atoms with E-state index in [1.807, 2.05) is 30.3 Å². The van der Waals surface area contributed by atoms with Gasteiger partial charge in [0.25, 0.3) is 0 Å². The van der Waals surface area contributed by atoms with Crippen LogP contribution in [-0.2, 0) is 4.79 Å². The second-order valence-electron chi connectivity index (χ2n) is 8.85. The molecule has 2 aliphatic heterocycles. The first-order valence-electron chi connectivity index (χ1n) is 11.3. The van der Waals surface area contributed by atoms with Gasteiger partial charge >= 0.3 is 0 Å². The van der Waals surface area contributed by atoms with Crippen molar-refractivity contribution in [2.75, 3.05) is 26.3 Å². The zero-order chi connectivity index (χ0) is 23.4. The Morgan fingerprint density at radius 2 is 1.79 bits per heavy atom. The second-order valence-corrected chi connectivity index (χ2v) is 9.80. The fourth-order valence-electron chi connectivity index (χ4n) is 5.30. The Morgan fingerprint density at radius 3 is 2.53 bits per heavy atom. The van der Waals surface area contributed by atoms with E-state index in [4.69, 9.17) is 18.9 Å². The molecule has 0 bridgehead atoms. The Balaban J connectivity index is 1.45. The number of carbonyl (C=O) groups excluding carboxylic acids is 1. The minimum atomic E-state index is -0.111. The van der Waals surface area contributed by atoms with Crippen molar-refractivity contribution in [2.24, 2.45) is 0 Å². The number of Topliss-reactive ketones (excluding diaryl/α,β-unsaturated/α-hetero) is 1. The normalized spacial score (nSPS) is 20.5. The zero-order valence-electron chi connectivity index (χ0n) is 19.3. The van der Waals surface area contributed by atoms with Gasteiger partial charge in [-0.2, -0.15) is 0 Å². The molecule has 2 aromatic carbocycles. The predicted octanol–water partition coefficient (Wildman–Crippen LogP) is 5.76. The van der Waals surface area contributed by atoms with E-state index >= 15 is 0 Å². The molecule has 0 saturated carbocycles. The topological polar surface area (TPSA) is 66.0 Å². The molecule has 34 heavy (non-hydrogen) atoms. The van der Waals surface area contributed by atoms with Crippen molar-refractivity contribution >= 4 is 22.8 Å². The van der Waals surface area contributed by atoms with Crippen LogP contribution in [0.2, 0.25) is 0 Å². The number of thiophene rings is 1. The van der Waals surface area contributed by atoms with Crippen LogP contribution in [0, 0.1) is 6.92 Å². The molecule has 2 atom stereocenters. The Kier molecular flexibility index (Phi) is 5.03. The molecule has 0 amide bonds. The van der Waals surface area contributed by atoms with Gasteiger partial charge in [0.05, 0.1) is 20.1 Å². The maximum atomic E-state index is 13.7. The minimum Gasteiger partial charge on any atom is -0.493 e. The van der Waals surface area contributed by atoms with Gasteiger partial charge in [-0.05, 0) is 65.6 Å². The van der Waals surface area contributed by atoms with E-state index < -0.39 is 0 Å². The number of benzene rings is 2. The van der Waals surface area contributed by atoms with Gasteiger partial charge in [-0.3, -0.25) is 4.79 Å². The first-order chi connectivity index (χ1) is 16.6. The van der Waals surface area contributed by atoms with Gasteiger partial charge in [0.2, 0.25) is 6.79 Å². The lowest BCUT2D eigenvalue weighted by Crippen LogP contribution is -2.29. The molecule has 0 radical (unpaired) electrons. The number of ketones is 1. The number of rotatable bonds is 4. The van der Waals surface area contributed by atoms with Crippen molar-refractivity contribution in [1.82, 2.24) is 0 Å². The Labute approximate surface area is 202 Å². The standard InChI is InChI=1S/C27H25NO5S/c1-14-6-7-34-27(14)25-17-11-23-24(33-13-32-23)12-18(17)28-19-8-16(9-20(29)26(19)25)15-4-5-21(30-2)22(10-15)31-3/h4-7,10-12,16,25,28H,8-9,13H2,1-3H3/t16-,25-/m1/s1. The van der Waals surface area contributed by atoms with Crippen LogP contribution in [0.15, 0.2) is 53.0 Å². The molecule has 174 valence electrons. The highest BCUT2D eigenvalue weighted by Crippen LogP contribution is 2.52. The van der Waals surface area contributed by atoms with Crippen LogP contribution in [0.5, 0.6) is 23.0 Å². The van der Waals surface area contributed by atoms with Crippen LogP contribution >= 0.6 is 11.3 Å². The first kappa shape index (κ1) is 21.1. The summed E-state index contributed by atoms with van der Waals surface area (Å²) in [6.07, 6.45) is 1.20. The highest BCUT2D eigenvalue weighted by molar-refractivity contribution is 7.10. The number of hydrogen-bond acceptors (Lipinski definition) is 7. The predicted molar refractivity (Wildman–Crippen MR) is 131 cm³/mol. The van der Waals surface area contributed by atoms with Crippen LogP contribution in [0.1, 0.15) is 46.2 Å². The van der Waals surface area contributed by atoms with Crippen molar-refractivity contribution in [3.63, 3.8) is 0 Å². The second kappa shape index (κ2) is 8.09. The molecular weight excluding hydrogens is 450 g/mol. The molecule has 1 aliphatic carbocycles. The number of nitrogens with one attached hydrogen (secondary N) is 1. The highest BCUT2D eigenvalue weighted by atomic mass is 32.1. The third-order valence-electron chi connectivity index (χ3n) is 6.98. The van der Waals surface area contributed by atoms with Gasteiger partial charge < -0.3 is 24.3 Å². The SMILES string of the molecule is COc1ccc([C@H]2CC(=O)C3=C(C2)Nc2cc4c(cc2[C@H]3c2sccc2C)OCO4)cc1OC. The molecule has 3 aromatic rings. The summed E-state index contributed by atoms with van der Waals surface area (Å²) in [6, 6.07) is 12.1. The summed E-state index contributed by atoms with van der Waals surface area (Å²) < 4.78 is 22.2. The molecule has 6 nitrogen and oxygen atoms in total. The quantitative estimate of drug-likeness (QED) is 0.518. The van der Waals surface area contributed by atoms with Gasteiger partial charge in [0, 0.05) is 34.3 Å². The number of anilines is 1. The molecule has 0 fully saturated rings. The maximum absolute atomic E-state index is 13.7.